The molecule has 0 N–H and O–H groups in total. The summed E-state index contributed by atoms with van der Waals surface area (Å²) >= 11 is 6.16. The van der Waals surface area contributed by atoms with Gasteiger partial charge in [-0.15, -0.1) is 0 Å². The number of hydrogen-bond acceptors (Lipinski definition) is 5. The summed E-state index contributed by atoms with van der Waals surface area (Å²) in [6, 6.07) is 18.2. The molecule has 2 aliphatic rings. The molecule has 0 saturated heterocycles. The Bertz CT molecular complexity index is 1340. The van der Waals surface area contributed by atoms with E-state index in [2.05, 4.69) is 0 Å². The van der Waals surface area contributed by atoms with Gasteiger partial charge < -0.3 is 9.64 Å². The maximum absolute atomic E-state index is 12.9. The molecule has 5 rings (SSSR count). The number of amides is 3. The van der Waals surface area contributed by atoms with Crippen LogP contribution in [0.1, 0.15) is 36.6 Å². The van der Waals surface area contributed by atoms with Crippen LogP contribution in [-0.4, -0.2) is 36.8 Å². The first-order valence-electron chi connectivity index (χ1n) is 10.3. The molecular formula is C25H17ClN2O5. The van der Waals surface area contributed by atoms with Gasteiger partial charge in [0.1, 0.15) is 0 Å². The highest BCUT2D eigenvalue weighted by Gasteiger charge is 2.38. The Morgan fingerprint density at radius 2 is 1.58 bits per heavy atom. The Morgan fingerprint density at radius 3 is 2.36 bits per heavy atom. The summed E-state index contributed by atoms with van der Waals surface area (Å²) in [4.78, 5) is 53.5. The SMILES string of the molecule is O=C(OCC(=O)N1CCc2ccccc21)c1ccc2c(c1)C(=O)N(c1ccccc1Cl)C2=O. The van der Waals surface area contributed by atoms with E-state index >= 15 is 0 Å². The Labute approximate surface area is 194 Å². The van der Waals surface area contributed by atoms with Gasteiger partial charge in [-0.3, -0.25) is 14.4 Å². The zero-order valence-electron chi connectivity index (χ0n) is 17.3. The minimum atomic E-state index is -0.755. The number of hydrogen-bond donors (Lipinski definition) is 0. The van der Waals surface area contributed by atoms with Crippen LogP contribution in [0.5, 0.6) is 0 Å². The van der Waals surface area contributed by atoms with E-state index < -0.39 is 24.4 Å². The van der Waals surface area contributed by atoms with Crippen molar-refractivity contribution in [1.29, 1.82) is 0 Å². The van der Waals surface area contributed by atoms with Gasteiger partial charge in [-0.2, -0.15) is 0 Å². The van der Waals surface area contributed by atoms with E-state index in [0.29, 0.717) is 6.54 Å². The van der Waals surface area contributed by atoms with Crippen molar-refractivity contribution < 1.29 is 23.9 Å². The lowest BCUT2D eigenvalue weighted by Gasteiger charge is -2.17. The second-order valence-electron chi connectivity index (χ2n) is 7.66. The van der Waals surface area contributed by atoms with Crippen molar-refractivity contribution in [3.05, 3.63) is 94.0 Å². The van der Waals surface area contributed by atoms with E-state index in [9.17, 15) is 19.2 Å². The Hall–Kier alpha value is -3.97. The summed E-state index contributed by atoms with van der Waals surface area (Å²) in [5.74, 6) is -2.19. The topological polar surface area (TPSA) is 84.0 Å². The number of halogens is 1. The van der Waals surface area contributed by atoms with Crippen LogP contribution in [0.2, 0.25) is 5.02 Å². The van der Waals surface area contributed by atoms with Crippen LogP contribution in [0.15, 0.2) is 66.7 Å². The molecule has 164 valence electrons. The molecule has 0 fully saturated rings. The van der Waals surface area contributed by atoms with E-state index in [0.717, 1.165) is 22.6 Å². The van der Waals surface area contributed by atoms with Gasteiger partial charge in [-0.25, -0.2) is 9.69 Å². The third kappa shape index (κ3) is 3.56. The van der Waals surface area contributed by atoms with Gasteiger partial charge in [0.2, 0.25) is 0 Å². The lowest BCUT2D eigenvalue weighted by molar-refractivity contribution is -0.121. The predicted octanol–water partition coefficient (Wildman–Crippen LogP) is 3.89. The quantitative estimate of drug-likeness (QED) is 0.435. The van der Waals surface area contributed by atoms with Gasteiger partial charge in [-0.1, -0.05) is 41.9 Å². The van der Waals surface area contributed by atoms with Crippen LogP contribution >= 0.6 is 11.6 Å². The normalized spacial score (nSPS) is 14.3. The van der Waals surface area contributed by atoms with Crippen LogP contribution in [0.4, 0.5) is 11.4 Å². The molecule has 2 heterocycles. The van der Waals surface area contributed by atoms with Gasteiger partial charge in [0, 0.05) is 12.2 Å². The average Bonchev–Trinajstić information content (AvgIpc) is 3.37. The fraction of sp³-hybridized carbons (Fsp3) is 0.120. The van der Waals surface area contributed by atoms with Crippen LogP contribution in [-0.2, 0) is 16.0 Å². The Kier molecular flexibility index (Phi) is 5.18. The van der Waals surface area contributed by atoms with Crippen molar-refractivity contribution >= 4 is 46.7 Å². The lowest BCUT2D eigenvalue weighted by Crippen LogP contribution is -2.33. The highest BCUT2D eigenvalue weighted by Crippen LogP contribution is 2.33. The second kappa shape index (κ2) is 8.18. The van der Waals surface area contributed by atoms with Crippen LogP contribution in [0.3, 0.4) is 0 Å². The molecule has 2 aliphatic heterocycles. The summed E-state index contributed by atoms with van der Waals surface area (Å²) in [6.45, 7) is 0.103. The predicted molar refractivity (Wildman–Crippen MR) is 122 cm³/mol. The standard InChI is InChI=1S/C25H17ClN2O5/c26-19-6-2-4-8-21(19)28-23(30)17-10-9-16(13-18(17)24(28)31)25(32)33-14-22(29)27-12-11-15-5-1-3-7-20(15)27/h1-10,13H,11-12,14H2. The van der Waals surface area contributed by atoms with E-state index in [4.69, 9.17) is 16.3 Å². The second-order valence-corrected chi connectivity index (χ2v) is 8.06. The number of esters is 1. The first-order chi connectivity index (χ1) is 16.0. The van der Waals surface area contributed by atoms with E-state index in [1.165, 1.54) is 18.2 Å². The van der Waals surface area contributed by atoms with E-state index in [-0.39, 0.29) is 33.3 Å². The molecule has 3 aromatic carbocycles. The number of fused-ring (bicyclic) bond motifs is 2. The zero-order valence-corrected chi connectivity index (χ0v) is 18.0. The van der Waals surface area contributed by atoms with Crippen molar-refractivity contribution in [2.45, 2.75) is 6.42 Å². The first-order valence-corrected chi connectivity index (χ1v) is 10.7. The van der Waals surface area contributed by atoms with Gasteiger partial charge in [0.05, 0.1) is 27.4 Å². The highest BCUT2D eigenvalue weighted by molar-refractivity contribution is 6.39. The third-order valence-electron chi connectivity index (χ3n) is 5.73. The molecule has 3 amide bonds. The fourth-order valence-electron chi connectivity index (χ4n) is 4.11. The summed E-state index contributed by atoms with van der Waals surface area (Å²) in [5, 5.41) is 0.258. The molecule has 0 atom stereocenters. The number of carbonyl (C=O) groups is 4. The summed E-state index contributed by atoms with van der Waals surface area (Å²) in [6.07, 6.45) is 0.749. The molecule has 0 unspecified atom stereocenters. The number of para-hydroxylation sites is 2. The molecule has 0 aromatic heterocycles. The molecule has 0 saturated carbocycles. The maximum Gasteiger partial charge on any atom is 0.338 e. The molecular weight excluding hydrogens is 444 g/mol. The van der Waals surface area contributed by atoms with Crippen molar-refractivity contribution in [2.24, 2.45) is 0 Å². The van der Waals surface area contributed by atoms with Crippen LogP contribution in [0.25, 0.3) is 0 Å². The van der Waals surface area contributed by atoms with Crippen molar-refractivity contribution in [2.75, 3.05) is 23.0 Å². The summed E-state index contributed by atoms with van der Waals surface area (Å²) in [5.41, 5.74) is 2.48. The molecule has 0 bridgehead atoms. The Morgan fingerprint density at radius 1 is 0.879 bits per heavy atom. The maximum atomic E-state index is 12.9. The molecule has 8 heteroatoms. The van der Waals surface area contributed by atoms with E-state index in [1.54, 1.807) is 29.2 Å². The largest absolute Gasteiger partial charge is 0.452 e. The minimum absolute atomic E-state index is 0.0746. The van der Waals surface area contributed by atoms with Gasteiger partial charge in [0.25, 0.3) is 17.7 Å². The van der Waals surface area contributed by atoms with Crippen molar-refractivity contribution in [1.82, 2.24) is 0 Å². The molecule has 33 heavy (non-hydrogen) atoms. The number of ether oxygens (including phenoxy) is 1. The smallest absolute Gasteiger partial charge is 0.338 e. The lowest BCUT2D eigenvalue weighted by atomic mass is 10.1. The Balaban J connectivity index is 1.31. The number of nitrogens with zero attached hydrogens (tertiary/aromatic N) is 2. The van der Waals surface area contributed by atoms with Crippen LogP contribution < -0.4 is 9.80 Å². The number of imide groups is 1. The van der Waals surface area contributed by atoms with Gasteiger partial charge in [0.15, 0.2) is 6.61 Å². The molecule has 0 aliphatic carbocycles. The van der Waals surface area contributed by atoms with Gasteiger partial charge >= 0.3 is 5.97 Å². The molecule has 0 radical (unpaired) electrons. The first kappa shape index (κ1) is 20.9. The average molecular weight is 461 g/mol. The number of benzene rings is 3. The van der Waals surface area contributed by atoms with Crippen molar-refractivity contribution in [3.8, 4) is 0 Å². The molecule has 7 nitrogen and oxygen atoms in total. The fourth-order valence-corrected chi connectivity index (χ4v) is 4.33. The van der Waals surface area contributed by atoms with Crippen molar-refractivity contribution in [3.63, 3.8) is 0 Å². The summed E-state index contributed by atoms with van der Waals surface area (Å²) < 4.78 is 5.21. The summed E-state index contributed by atoms with van der Waals surface area (Å²) in [7, 11) is 0. The highest BCUT2D eigenvalue weighted by atomic mass is 35.5. The number of carbonyl (C=O) groups excluding carboxylic acids is 4. The minimum Gasteiger partial charge on any atom is -0.452 e. The third-order valence-corrected chi connectivity index (χ3v) is 6.05. The molecule has 3 aromatic rings. The zero-order chi connectivity index (χ0) is 23.1. The number of rotatable bonds is 4. The van der Waals surface area contributed by atoms with Crippen LogP contribution in [0, 0.1) is 0 Å². The molecule has 0 spiro atoms. The number of anilines is 2. The van der Waals surface area contributed by atoms with Gasteiger partial charge in [-0.05, 0) is 48.4 Å². The van der Waals surface area contributed by atoms with E-state index in [1.807, 2.05) is 24.3 Å². The monoisotopic (exact) mass is 460 g/mol.